The van der Waals surface area contributed by atoms with Crippen molar-refractivity contribution >= 4 is 0 Å². The average molecular weight is 196 g/mol. The number of imidazole rings is 1. The normalized spacial score (nSPS) is 10.4. The quantitative estimate of drug-likeness (QED) is 0.736. The standard InChI is InChI=1S/C9H6F2N2O/c10-6-3-7(11)5-8(4-6)13-2-1-12-9(13)14/h1-5H,(H,12,14). The van der Waals surface area contributed by atoms with Crippen LogP contribution in [0.5, 0.6) is 0 Å². The maximum Gasteiger partial charge on any atom is 0.330 e. The van der Waals surface area contributed by atoms with Crippen LogP contribution in [0.3, 0.4) is 0 Å². The molecule has 0 atom stereocenters. The summed E-state index contributed by atoms with van der Waals surface area (Å²) in [5.74, 6) is -1.43. The van der Waals surface area contributed by atoms with Gasteiger partial charge in [0.25, 0.3) is 0 Å². The highest BCUT2D eigenvalue weighted by molar-refractivity contribution is 5.32. The molecule has 0 unspecified atom stereocenters. The van der Waals surface area contributed by atoms with Crippen molar-refractivity contribution in [1.29, 1.82) is 0 Å². The lowest BCUT2D eigenvalue weighted by molar-refractivity contribution is 0.581. The van der Waals surface area contributed by atoms with Gasteiger partial charge in [-0.2, -0.15) is 0 Å². The molecule has 72 valence electrons. The van der Waals surface area contributed by atoms with Gasteiger partial charge in [0, 0.05) is 18.5 Å². The van der Waals surface area contributed by atoms with Gasteiger partial charge in [0.05, 0.1) is 5.69 Å². The topological polar surface area (TPSA) is 37.8 Å². The Morgan fingerprint density at radius 3 is 2.29 bits per heavy atom. The maximum absolute atomic E-state index is 12.8. The molecule has 0 saturated heterocycles. The number of benzene rings is 1. The van der Waals surface area contributed by atoms with Gasteiger partial charge in [0.1, 0.15) is 11.6 Å². The van der Waals surface area contributed by atoms with E-state index in [-0.39, 0.29) is 5.69 Å². The molecule has 0 saturated carbocycles. The smallest absolute Gasteiger partial charge is 0.312 e. The summed E-state index contributed by atoms with van der Waals surface area (Å²) in [6.07, 6.45) is 2.79. The summed E-state index contributed by atoms with van der Waals surface area (Å²) in [5.41, 5.74) is -0.274. The van der Waals surface area contributed by atoms with Gasteiger partial charge in [0.15, 0.2) is 0 Å². The van der Waals surface area contributed by atoms with E-state index in [2.05, 4.69) is 4.98 Å². The van der Waals surface area contributed by atoms with E-state index in [1.165, 1.54) is 12.4 Å². The van der Waals surface area contributed by atoms with Crippen molar-refractivity contribution in [2.24, 2.45) is 0 Å². The lowest BCUT2D eigenvalue weighted by Crippen LogP contribution is -2.14. The zero-order valence-electron chi connectivity index (χ0n) is 7.00. The summed E-state index contributed by atoms with van der Waals surface area (Å²) in [6, 6.07) is 2.91. The summed E-state index contributed by atoms with van der Waals surface area (Å²) >= 11 is 0. The van der Waals surface area contributed by atoms with Crippen LogP contribution in [0.4, 0.5) is 8.78 Å². The lowest BCUT2D eigenvalue weighted by atomic mass is 10.3. The highest BCUT2D eigenvalue weighted by Crippen LogP contribution is 2.10. The van der Waals surface area contributed by atoms with Gasteiger partial charge in [-0.25, -0.2) is 13.6 Å². The fraction of sp³-hybridized carbons (Fsp3) is 0. The number of aromatic amines is 1. The number of halogens is 2. The first kappa shape index (κ1) is 8.68. The minimum atomic E-state index is -0.715. The maximum atomic E-state index is 12.8. The Hall–Kier alpha value is -1.91. The van der Waals surface area contributed by atoms with Gasteiger partial charge in [-0.3, -0.25) is 4.57 Å². The molecule has 2 aromatic rings. The molecular formula is C9H6F2N2O. The third-order valence-electron chi connectivity index (χ3n) is 1.77. The van der Waals surface area contributed by atoms with Crippen molar-refractivity contribution in [2.75, 3.05) is 0 Å². The van der Waals surface area contributed by atoms with E-state index >= 15 is 0 Å². The molecule has 0 spiro atoms. The van der Waals surface area contributed by atoms with Crippen molar-refractivity contribution in [3.8, 4) is 5.69 Å². The van der Waals surface area contributed by atoms with E-state index in [0.29, 0.717) is 0 Å². The van der Waals surface area contributed by atoms with E-state index in [1.54, 1.807) is 0 Å². The second-order valence-electron chi connectivity index (χ2n) is 2.76. The monoisotopic (exact) mass is 196 g/mol. The summed E-state index contributed by atoms with van der Waals surface area (Å²) < 4.78 is 26.7. The van der Waals surface area contributed by atoms with Gasteiger partial charge >= 0.3 is 5.69 Å². The molecule has 0 aliphatic heterocycles. The molecule has 0 fully saturated rings. The van der Waals surface area contributed by atoms with E-state index in [0.717, 1.165) is 22.8 Å². The molecule has 0 radical (unpaired) electrons. The lowest BCUT2D eigenvalue weighted by Gasteiger charge is -2.00. The molecule has 0 aliphatic rings. The molecule has 2 rings (SSSR count). The number of nitrogens with one attached hydrogen (secondary N) is 1. The first-order valence-electron chi connectivity index (χ1n) is 3.89. The van der Waals surface area contributed by atoms with Gasteiger partial charge in [0.2, 0.25) is 0 Å². The van der Waals surface area contributed by atoms with E-state index in [9.17, 15) is 13.6 Å². The summed E-state index contributed by atoms with van der Waals surface area (Å²) in [7, 11) is 0. The highest BCUT2D eigenvalue weighted by atomic mass is 19.1. The summed E-state index contributed by atoms with van der Waals surface area (Å²) in [5, 5.41) is 0. The van der Waals surface area contributed by atoms with Crippen LogP contribution in [0.25, 0.3) is 5.69 Å². The minimum absolute atomic E-state index is 0.161. The second kappa shape index (κ2) is 3.10. The largest absolute Gasteiger partial charge is 0.330 e. The van der Waals surface area contributed by atoms with Gasteiger partial charge < -0.3 is 4.98 Å². The van der Waals surface area contributed by atoms with Crippen molar-refractivity contribution in [2.45, 2.75) is 0 Å². The Morgan fingerprint density at radius 1 is 1.14 bits per heavy atom. The second-order valence-corrected chi connectivity index (χ2v) is 2.76. The Kier molecular flexibility index (Phi) is 1.92. The van der Waals surface area contributed by atoms with Crippen LogP contribution in [0.1, 0.15) is 0 Å². The van der Waals surface area contributed by atoms with Crippen LogP contribution >= 0.6 is 0 Å². The molecule has 3 nitrogen and oxygen atoms in total. The van der Waals surface area contributed by atoms with Crippen LogP contribution < -0.4 is 5.69 Å². The molecular weight excluding hydrogens is 190 g/mol. The van der Waals surface area contributed by atoms with Crippen LogP contribution in [-0.2, 0) is 0 Å². The van der Waals surface area contributed by atoms with Crippen molar-refractivity contribution in [3.63, 3.8) is 0 Å². The predicted molar refractivity (Wildman–Crippen MR) is 46.3 cm³/mol. The molecule has 1 aromatic heterocycles. The van der Waals surface area contributed by atoms with E-state index in [1.807, 2.05) is 0 Å². The fourth-order valence-corrected chi connectivity index (χ4v) is 1.20. The third kappa shape index (κ3) is 1.44. The van der Waals surface area contributed by atoms with Crippen LogP contribution in [0, 0.1) is 11.6 Å². The number of hydrogen-bond donors (Lipinski definition) is 1. The van der Waals surface area contributed by atoms with Crippen LogP contribution in [0.15, 0.2) is 35.4 Å². The number of rotatable bonds is 1. The van der Waals surface area contributed by atoms with Gasteiger partial charge in [-0.05, 0) is 12.1 Å². The molecule has 14 heavy (non-hydrogen) atoms. The van der Waals surface area contributed by atoms with Crippen molar-refractivity contribution in [3.05, 3.63) is 52.7 Å². The molecule has 0 amide bonds. The Labute approximate surface area is 77.6 Å². The van der Waals surface area contributed by atoms with Crippen LogP contribution in [-0.4, -0.2) is 9.55 Å². The van der Waals surface area contributed by atoms with Crippen molar-refractivity contribution < 1.29 is 8.78 Å². The number of aromatic nitrogens is 2. The molecule has 0 bridgehead atoms. The molecule has 1 N–H and O–H groups in total. The summed E-state index contributed by atoms with van der Waals surface area (Å²) in [4.78, 5) is 13.5. The first-order chi connectivity index (χ1) is 6.66. The molecule has 0 aliphatic carbocycles. The van der Waals surface area contributed by atoms with Gasteiger partial charge in [-0.15, -0.1) is 0 Å². The van der Waals surface area contributed by atoms with Crippen LogP contribution in [0.2, 0.25) is 0 Å². The Morgan fingerprint density at radius 2 is 1.79 bits per heavy atom. The fourth-order valence-electron chi connectivity index (χ4n) is 1.20. The number of hydrogen-bond acceptors (Lipinski definition) is 1. The van der Waals surface area contributed by atoms with Gasteiger partial charge in [-0.1, -0.05) is 0 Å². The summed E-state index contributed by atoms with van der Waals surface area (Å²) in [6.45, 7) is 0. The zero-order valence-corrected chi connectivity index (χ0v) is 7.00. The molecule has 1 aromatic carbocycles. The molecule has 5 heteroatoms. The van der Waals surface area contributed by atoms with E-state index < -0.39 is 17.3 Å². The zero-order chi connectivity index (χ0) is 10.1. The predicted octanol–water partition coefficient (Wildman–Crippen LogP) is 1.44. The average Bonchev–Trinajstić information content (AvgIpc) is 2.49. The third-order valence-corrected chi connectivity index (χ3v) is 1.77. The SMILES string of the molecule is O=c1[nH]ccn1-c1cc(F)cc(F)c1. The Bertz CT molecular complexity index is 495. The van der Waals surface area contributed by atoms with E-state index in [4.69, 9.17) is 0 Å². The molecule has 1 heterocycles. The first-order valence-corrected chi connectivity index (χ1v) is 3.89. The van der Waals surface area contributed by atoms with Crippen molar-refractivity contribution in [1.82, 2.24) is 9.55 Å². The minimum Gasteiger partial charge on any atom is -0.312 e. The highest BCUT2D eigenvalue weighted by Gasteiger charge is 2.03. The number of H-pyrrole nitrogens is 1. The Balaban J connectivity index is 2.63. The number of nitrogens with zero attached hydrogens (tertiary/aromatic N) is 1.